The number of hydrogen-bond donors (Lipinski definition) is 2. The Kier molecular flexibility index (Phi) is 3.18. The summed E-state index contributed by atoms with van der Waals surface area (Å²) in [7, 11) is 0. The van der Waals surface area contributed by atoms with Gasteiger partial charge in [0.2, 0.25) is 5.91 Å². The van der Waals surface area contributed by atoms with Crippen molar-refractivity contribution in [1.82, 2.24) is 4.90 Å². The fourth-order valence-electron chi connectivity index (χ4n) is 2.05. The molecule has 1 heterocycles. The number of nitrogens with zero attached hydrogens (tertiary/aromatic N) is 1. The predicted octanol–water partition coefficient (Wildman–Crippen LogP) is 0.355. The highest BCUT2D eigenvalue weighted by Gasteiger charge is 2.31. The Balaban J connectivity index is 2.17. The van der Waals surface area contributed by atoms with Crippen LogP contribution in [0.25, 0.3) is 0 Å². The summed E-state index contributed by atoms with van der Waals surface area (Å²) in [6.07, 6.45) is 0.519. The molecule has 2 amide bonds. The van der Waals surface area contributed by atoms with Crippen LogP contribution in [-0.2, 0) is 4.79 Å². The van der Waals surface area contributed by atoms with Crippen LogP contribution in [0.4, 0.5) is 10.1 Å². The maximum atomic E-state index is 13.5. The molecular formula is C12H14FN3O2. The highest BCUT2D eigenvalue weighted by molar-refractivity contribution is 5.96. The van der Waals surface area contributed by atoms with Crippen LogP contribution in [0.15, 0.2) is 18.2 Å². The summed E-state index contributed by atoms with van der Waals surface area (Å²) in [4.78, 5) is 24.5. The topological polar surface area (TPSA) is 89.4 Å². The predicted molar refractivity (Wildman–Crippen MR) is 64.0 cm³/mol. The van der Waals surface area contributed by atoms with E-state index >= 15 is 0 Å². The Morgan fingerprint density at radius 2 is 2.11 bits per heavy atom. The zero-order valence-corrected chi connectivity index (χ0v) is 9.73. The van der Waals surface area contributed by atoms with Crippen molar-refractivity contribution < 1.29 is 14.0 Å². The maximum Gasteiger partial charge on any atom is 0.256 e. The van der Waals surface area contributed by atoms with Gasteiger partial charge in [-0.2, -0.15) is 0 Å². The van der Waals surface area contributed by atoms with Gasteiger partial charge in [0.05, 0.1) is 11.5 Å². The Bertz CT molecular complexity index is 504. The number of anilines is 1. The quantitative estimate of drug-likeness (QED) is 0.743. The Hall–Kier alpha value is -2.11. The van der Waals surface area contributed by atoms with Crippen LogP contribution < -0.4 is 11.5 Å². The monoisotopic (exact) mass is 251 g/mol. The van der Waals surface area contributed by atoms with Gasteiger partial charge in [0.1, 0.15) is 5.82 Å². The van der Waals surface area contributed by atoms with Gasteiger partial charge in [0.15, 0.2) is 0 Å². The molecule has 4 N–H and O–H groups in total. The minimum absolute atomic E-state index is 0.0693. The lowest BCUT2D eigenvalue weighted by Crippen LogP contribution is -2.32. The van der Waals surface area contributed by atoms with Gasteiger partial charge in [-0.15, -0.1) is 0 Å². The summed E-state index contributed by atoms with van der Waals surface area (Å²) in [5.41, 5.74) is 11.0. The summed E-state index contributed by atoms with van der Waals surface area (Å²) in [6, 6.07) is 3.85. The summed E-state index contributed by atoms with van der Waals surface area (Å²) in [5.74, 6) is -1.85. The zero-order chi connectivity index (χ0) is 13.3. The van der Waals surface area contributed by atoms with Crippen LogP contribution >= 0.6 is 0 Å². The van der Waals surface area contributed by atoms with Crippen molar-refractivity contribution in [3.05, 3.63) is 29.6 Å². The first-order valence-electron chi connectivity index (χ1n) is 5.62. The van der Waals surface area contributed by atoms with E-state index in [0.717, 1.165) is 6.07 Å². The van der Waals surface area contributed by atoms with Crippen LogP contribution in [0.3, 0.4) is 0 Å². The third-order valence-corrected chi connectivity index (χ3v) is 3.10. The van der Waals surface area contributed by atoms with E-state index < -0.39 is 17.6 Å². The average molecular weight is 251 g/mol. The van der Waals surface area contributed by atoms with Crippen molar-refractivity contribution >= 4 is 17.5 Å². The van der Waals surface area contributed by atoms with Crippen LogP contribution in [0.5, 0.6) is 0 Å². The van der Waals surface area contributed by atoms with Gasteiger partial charge in [0.25, 0.3) is 5.91 Å². The van der Waals surface area contributed by atoms with Gasteiger partial charge in [-0.3, -0.25) is 9.59 Å². The number of carbonyl (C=O) groups is 2. The van der Waals surface area contributed by atoms with Crippen LogP contribution in [-0.4, -0.2) is 29.8 Å². The normalized spacial score (nSPS) is 18.9. The van der Waals surface area contributed by atoms with E-state index in [1.165, 1.54) is 17.0 Å². The number of likely N-dealkylation sites (tertiary alicyclic amines) is 1. The summed E-state index contributed by atoms with van der Waals surface area (Å²) in [6.45, 7) is 0.642. The Morgan fingerprint density at radius 1 is 1.39 bits per heavy atom. The summed E-state index contributed by atoms with van der Waals surface area (Å²) in [5, 5.41) is 0. The largest absolute Gasteiger partial charge is 0.399 e. The van der Waals surface area contributed by atoms with Crippen molar-refractivity contribution in [1.29, 1.82) is 0 Å². The fraction of sp³-hybridized carbons (Fsp3) is 0.333. The molecule has 1 aromatic carbocycles. The second-order valence-electron chi connectivity index (χ2n) is 4.38. The zero-order valence-electron chi connectivity index (χ0n) is 9.73. The minimum atomic E-state index is -0.614. The summed E-state index contributed by atoms with van der Waals surface area (Å²) >= 11 is 0. The molecule has 1 unspecified atom stereocenters. The Morgan fingerprint density at radius 3 is 2.72 bits per heavy atom. The number of primary amides is 1. The molecule has 18 heavy (non-hydrogen) atoms. The fourth-order valence-corrected chi connectivity index (χ4v) is 2.05. The third-order valence-electron chi connectivity index (χ3n) is 3.10. The lowest BCUT2D eigenvalue weighted by molar-refractivity contribution is -0.121. The van der Waals surface area contributed by atoms with Gasteiger partial charge >= 0.3 is 0 Å². The molecule has 1 aromatic rings. The van der Waals surface area contributed by atoms with Crippen LogP contribution in [0.1, 0.15) is 16.8 Å². The van der Waals surface area contributed by atoms with E-state index in [2.05, 4.69) is 0 Å². The van der Waals surface area contributed by atoms with Crippen molar-refractivity contribution in [2.45, 2.75) is 6.42 Å². The number of rotatable bonds is 2. The molecule has 0 bridgehead atoms. The number of nitrogen functional groups attached to an aromatic ring is 1. The van der Waals surface area contributed by atoms with E-state index in [9.17, 15) is 14.0 Å². The van der Waals surface area contributed by atoms with Crippen molar-refractivity contribution in [3.63, 3.8) is 0 Å². The van der Waals surface area contributed by atoms with Gasteiger partial charge < -0.3 is 16.4 Å². The molecule has 6 heteroatoms. The average Bonchev–Trinajstić information content (AvgIpc) is 2.81. The molecule has 0 aromatic heterocycles. The third kappa shape index (κ3) is 2.27. The van der Waals surface area contributed by atoms with Crippen molar-refractivity contribution in [2.75, 3.05) is 18.8 Å². The highest BCUT2D eigenvalue weighted by atomic mass is 19.1. The standard InChI is InChI=1S/C12H14FN3O2/c13-10-2-1-8(14)5-9(10)12(18)16-4-3-7(6-16)11(15)17/h1-2,5,7H,3-4,6,14H2,(H2,15,17). The molecule has 0 spiro atoms. The second kappa shape index (κ2) is 4.64. The molecule has 96 valence electrons. The molecule has 1 fully saturated rings. The first-order valence-corrected chi connectivity index (χ1v) is 5.62. The van der Waals surface area contributed by atoms with E-state index in [1.807, 2.05) is 0 Å². The molecule has 0 aliphatic carbocycles. The summed E-state index contributed by atoms with van der Waals surface area (Å²) < 4.78 is 13.5. The molecular weight excluding hydrogens is 237 g/mol. The van der Waals surface area contributed by atoms with Crippen LogP contribution in [0, 0.1) is 11.7 Å². The first kappa shape index (κ1) is 12.3. The second-order valence-corrected chi connectivity index (χ2v) is 4.38. The van der Waals surface area contributed by atoms with Gasteiger partial charge in [0, 0.05) is 18.8 Å². The first-order chi connectivity index (χ1) is 8.49. The number of nitrogens with two attached hydrogens (primary N) is 2. The molecule has 0 saturated carbocycles. The SMILES string of the molecule is NC(=O)C1CCN(C(=O)c2cc(N)ccc2F)C1. The van der Waals surface area contributed by atoms with Gasteiger partial charge in [-0.05, 0) is 24.6 Å². The molecule has 5 nitrogen and oxygen atoms in total. The number of hydrogen-bond acceptors (Lipinski definition) is 3. The number of benzene rings is 1. The van der Waals surface area contributed by atoms with Crippen molar-refractivity contribution in [3.8, 4) is 0 Å². The number of carbonyl (C=O) groups excluding carboxylic acids is 2. The highest BCUT2D eigenvalue weighted by Crippen LogP contribution is 2.20. The van der Waals surface area contributed by atoms with E-state index in [-0.39, 0.29) is 18.0 Å². The smallest absolute Gasteiger partial charge is 0.256 e. The van der Waals surface area contributed by atoms with E-state index in [0.29, 0.717) is 18.7 Å². The lowest BCUT2D eigenvalue weighted by Gasteiger charge is -2.16. The van der Waals surface area contributed by atoms with Gasteiger partial charge in [-0.1, -0.05) is 0 Å². The van der Waals surface area contributed by atoms with Gasteiger partial charge in [-0.25, -0.2) is 4.39 Å². The molecule has 1 aliphatic rings. The molecule has 1 saturated heterocycles. The molecule has 1 aliphatic heterocycles. The minimum Gasteiger partial charge on any atom is -0.399 e. The van der Waals surface area contributed by atoms with Crippen LogP contribution in [0.2, 0.25) is 0 Å². The Labute approximate surface area is 104 Å². The molecule has 2 rings (SSSR count). The number of amides is 2. The van der Waals surface area contributed by atoms with E-state index in [4.69, 9.17) is 11.5 Å². The number of halogens is 1. The lowest BCUT2D eigenvalue weighted by atomic mass is 10.1. The van der Waals surface area contributed by atoms with Crippen molar-refractivity contribution in [2.24, 2.45) is 11.7 Å². The molecule has 1 atom stereocenters. The maximum absolute atomic E-state index is 13.5. The molecule has 0 radical (unpaired) electrons. The van der Waals surface area contributed by atoms with E-state index in [1.54, 1.807) is 0 Å².